The molecule has 0 unspecified atom stereocenters. The summed E-state index contributed by atoms with van der Waals surface area (Å²) in [6, 6.07) is 8.98. The van der Waals surface area contributed by atoms with Gasteiger partial charge in [-0.2, -0.15) is 0 Å². The molecule has 3 rings (SSSR count). The quantitative estimate of drug-likeness (QED) is 0.664. The molecule has 3 aromatic rings. The van der Waals surface area contributed by atoms with Gasteiger partial charge >= 0.3 is 0 Å². The molecule has 0 aliphatic heterocycles. The Balaban J connectivity index is 1.75. The van der Waals surface area contributed by atoms with Gasteiger partial charge < -0.3 is 14.6 Å². The predicted octanol–water partition coefficient (Wildman–Crippen LogP) is 3.93. The molecule has 0 aliphatic rings. The number of likely N-dealkylation sites (N-methyl/N-ethyl adjacent to an activating group) is 1. The molecule has 0 saturated carbocycles. The standard InChI is InChI=1S/C22H24ClN3O3/c1-5-26(20(27)12-29-21-14(3)8-13(2)9-15(21)4)11-19-24-18-10-16(23)6-7-17(18)22(28)25-19/h6-10H,5,11-12H2,1-4H3,(H,24,25,28). The Morgan fingerprint density at radius 1 is 1.17 bits per heavy atom. The molecule has 0 saturated heterocycles. The van der Waals surface area contributed by atoms with Crippen LogP contribution in [0.2, 0.25) is 5.02 Å². The fraction of sp³-hybridized carbons (Fsp3) is 0.318. The van der Waals surface area contributed by atoms with Gasteiger partial charge in [-0.1, -0.05) is 29.3 Å². The van der Waals surface area contributed by atoms with Crippen molar-refractivity contribution < 1.29 is 9.53 Å². The smallest absolute Gasteiger partial charge is 0.260 e. The number of halogens is 1. The van der Waals surface area contributed by atoms with Crippen molar-refractivity contribution in [2.24, 2.45) is 0 Å². The van der Waals surface area contributed by atoms with Gasteiger partial charge in [-0.15, -0.1) is 0 Å². The summed E-state index contributed by atoms with van der Waals surface area (Å²) in [7, 11) is 0. The molecule has 0 radical (unpaired) electrons. The summed E-state index contributed by atoms with van der Waals surface area (Å²) >= 11 is 6.01. The van der Waals surface area contributed by atoms with Gasteiger partial charge in [-0.05, 0) is 57.0 Å². The van der Waals surface area contributed by atoms with E-state index in [0.717, 1.165) is 22.4 Å². The lowest BCUT2D eigenvalue weighted by Crippen LogP contribution is -2.35. The number of hydrogen-bond acceptors (Lipinski definition) is 4. The Labute approximate surface area is 174 Å². The molecule has 0 aliphatic carbocycles. The van der Waals surface area contributed by atoms with Crippen molar-refractivity contribution in [3.05, 3.63) is 68.2 Å². The molecule has 0 spiro atoms. The summed E-state index contributed by atoms with van der Waals surface area (Å²) in [5.41, 5.74) is 3.39. The number of aryl methyl sites for hydroxylation is 3. The first kappa shape index (κ1) is 20.9. The Morgan fingerprint density at radius 3 is 2.52 bits per heavy atom. The number of hydrogen-bond donors (Lipinski definition) is 1. The predicted molar refractivity (Wildman–Crippen MR) is 115 cm³/mol. The number of aromatic nitrogens is 2. The zero-order valence-corrected chi connectivity index (χ0v) is 17.8. The van der Waals surface area contributed by atoms with E-state index in [9.17, 15) is 9.59 Å². The SMILES string of the molecule is CCN(Cc1nc2cc(Cl)ccc2c(=O)[nH]1)C(=O)COc1c(C)cc(C)cc1C. The fourth-order valence-electron chi connectivity index (χ4n) is 3.41. The highest BCUT2D eigenvalue weighted by Gasteiger charge is 2.16. The van der Waals surface area contributed by atoms with Gasteiger partial charge in [0.2, 0.25) is 0 Å². The molecule has 0 atom stereocenters. The highest BCUT2D eigenvalue weighted by Crippen LogP contribution is 2.24. The van der Waals surface area contributed by atoms with Crippen LogP contribution in [-0.4, -0.2) is 33.9 Å². The third kappa shape index (κ3) is 4.77. The van der Waals surface area contributed by atoms with E-state index >= 15 is 0 Å². The second-order valence-corrected chi connectivity index (χ2v) is 7.53. The molecule has 0 bridgehead atoms. The molecule has 7 heteroatoms. The maximum absolute atomic E-state index is 12.7. The molecular weight excluding hydrogens is 390 g/mol. The molecular formula is C22H24ClN3O3. The van der Waals surface area contributed by atoms with Crippen LogP contribution in [0.5, 0.6) is 5.75 Å². The number of benzene rings is 2. The van der Waals surface area contributed by atoms with E-state index in [4.69, 9.17) is 16.3 Å². The van der Waals surface area contributed by atoms with Crippen molar-refractivity contribution in [1.82, 2.24) is 14.9 Å². The average Bonchev–Trinajstić information content (AvgIpc) is 2.64. The molecule has 1 aromatic heterocycles. The Hall–Kier alpha value is -2.86. The summed E-state index contributed by atoms with van der Waals surface area (Å²) in [5.74, 6) is 0.954. The number of carbonyl (C=O) groups excluding carboxylic acids is 1. The number of rotatable bonds is 6. The van der Waals surface area contributed by atoms with Crippen LogP contribution in [-0.2, 0) is 11.3 Å². The minimum Gasteiger partial charge on any atom is -0.483 e. The summed E-state index contributed by atoms with van der Waals surface area (Å²) in [6.45, 7) is 8.39. The number of carbonyl (C=O) groups is 1. The lowest BCUT2D eigenvalue weighted by molar-refractivity contribution is -0.133. The van der Waals surface area contributed by atoms with Crippen LogP contribution in [0.3, 0.4) is 0 Å². The fourth-order valence-corrected chi connectivity index (χ4v) is 3.58. The lowest BCUT2D eigenvalue weighted by Gasteiger charge is -2.21. The minimum absolute atomic E-state index is 0.0811. The molecule has 1 heterocycles. The number of fused-ring (bicyclic) bond motifs is 1. The van der Waals surface area contributed by atoms with Crippen molar-refractivity contribution in [3.63, 3.8) is 0 Å². The van der Waals surface area contributed by atoms with Gasteiger partial charge in [0, 0.05) is 11.6 Å². The summed E-state index contributed by atoms with van der Waals surface area (Å²) in [5, 5.41) is 0.961. The van der Waals surface area contributed by atoms with E-state index in [0.29, 0.717) is 28.3 Å². The number of amides is 1. The van der Waals surface area contributed by atoms with Crippen LogP contribution in [0.25, 0.3) is 10.9 Å². The third-order valence-electron chi connectivity index (χ3n) is 4.74. The molecule has 1 amide bonds. The number of nitrogens with one attached hydrogen (secondary N) is 1. The highest BCUT2D eigenvalue weighted by molar-refractivity contribution is 6.31. The minimum atomic E-state index is -0.257. The van der Waals surface area contributed by atoms with Crippen molar-refractivity contribution in [3.8, 4) is 5.75 Å². The monoisotopic (exact) mass is 413 g/mol. The third-order valence-corrected chi connectivity index (χ3v) is 4.97. The molecule has 2 aromatic carbocycles. The van der Waals surface area contributed by atoms with Crippen LogP contribution in [0.1, 0.15) is 29.4 Å². The van der Waals surface area contributed by atoms with Crippen molar-refractivity contribution >= 4 is 28.4 Å². The van der Waals surface area contributed by atoms with Gasteiger partial charge in [-0.25, -0.2) is 4.98 Å². The topological polar surface area (TPSA) is 75.3 Å². The molecule has 29 heavy (non-hydrogen) atoms. The van der Waals surface area contributed by atoms with Crippen LogP contribution in [0.15, 0.2) is 35.1 Å². The second kappa shape index (κ2) is 8.66. The summed E-state index contributed by atoms with van der Waals surface area (Å²) < 4.78 is 5.81. The number of H-pyrrole nitrogens is 1. The average molecular weight is 414 g/mol. The van der Waals surface area contributed by atoms with Crippen LogP contribution in [0, 0.1) is 20.8 Å². The van der Waals surface area contributed by atoms with Gasteiger partial charge in [-0.3, -0.25) is 9.59 Å². The van der Waals surface area contributed by atoms with Crippen LogP contribution >= 0.6 is 11.6 Å². The molecule has 152 valence electrons. The zero-order valence-electron chi connectivity index (χ0n) is 17.0. The Bertz CT molecular complexity index is 1100. The first-order chi connectivity index (χ1) is 13.8. The Kier molecular flexibility index (Phi) is 6.23. The van der Waals surface area contributed by atoms with Gasteiger partial charge in [0.15, 0.2) is 6.61 Å². The summed E-state index contributed by atoms with van der Waals surface area (Å²) in [4.78, 5) is 33.8. The van der Waals surface area contributed by atoms with E-state index in [-0.39, 0.29) is 24.6 Å². The van der Waals surface area contributed by atoms with E-state index in [1.165, 1.54) is 0 Å². The first-order valence-electron chi connectivity index (χ1n) is 9.45. The number of aromatic amines is 1. The van der Waals surface area contributed by atoms with Crippen LogP contribution in [0.4, 0.5) is 0 Å². The van der Waals surface area contributed by atoms with Crippen molar-refractivity contribution in [2.45, 2.75) is 34.2 Å². The molecule has 0 fully saturated rings. The lowest BCUT2D eigenvalue weighted by atomic mass is 10.1. The number of ether oxygens (including phenoxy) is 1. The maximum atomic E-state index is 12.7. The second-order valence-electron chi connectivity index (χ2n) is 7.10. The first-order valence-corrected chi connectivity index (χ1v) is 9.83. The van der Waals surface area contributed by atoms with E-state index in [1.807, 2.05) is 39.8 Å². The van der Waals surface area contributed by atoms with E-state index in [2.05, 4.69) is 9.97 Å². The van der Waals surface area contributed by atoms with Crippen LogP contribution < -0.4 is 10.3 Å². The maximum Gasteiger partial charge on any atom is 0.260 e. The van der Waals surface area contributed by atoms with Gasteiger partial charge in [0.25, 0.3) is 11.5 Å². The summed E-state index contributed by atoms with van der Waals surface area (Å²) in [6.07, 6.45) is 0. The normalized spacial score (nSPS) is 10.9. The molecule has 1 N–H and O–H groups in total. The number of nitrogens with zero attached hydrogens (tertiary/aromatic N) is 2. The molecule has 6 nitrogen and oxygen atoms in total. The zero-order chi connectivity index (χ0) is 21.1. The van der Waals surface area contributed by atoms with Gasteiger partial charge in [0.05, 0.1) is 17.4 Å². The van der Waals surface area contributed by atoms with E-state index in [1.54, 1.807) is 23.1 Å². The largest absolute Gasteiger partial charge is 0.483 e. The van der Waals surface area contributed by atoms with Gasteiger partial charge in [0.1, 0.15) is 11.6 Å². The highest BCUT2D eigenvalue weighted by atomic mass is 35.5. The Morgan fingerprint density at radius 2 is 1.86 bits per heavy atom. The van der Waals surface area contributed by atoms with E-state index < -0.39 is 0 Å². The van der Waals surface area contributed by atoms with Crippen molar-refractivity contribution in [2.75, 3.05) is 13.2 Å². The van der Waals surface area contributed by atoms with Crippen molar-refractivity contribution in [1.29, 1.82) is 0 Å².